The van der Waals surface area contributed by atoms with Gasteiger partial charge in [-0.3, -0.25) is 4.90 Å². The molecule has 2 rings (SSSR count). The van der Waals surface area contributed by atoms with Crippen molar-refractivity contribution < 1.29 is 4.42 Å². The Hall–Kier alpha value is -1.58. The Labute approximate surface area is 121 Å². The summed E-state index contributed by atoms with van der Waals surface area (Å²) in [6.07, 6.45) is 3.87. The van der Waals surface area contributed by atoms with Crippen molar-refractivity contribution >= 4 is 0 Å². The minimum Gasteiger partial charge on any atom is -0.468 e. The lowest BCUT2D eigenvalue weighted by Crippen LogP contribution is -2.40. The summed E-state index contributed by atoms with van der Waals surface area (Å²) in [6.45, 7) is 4.67. The van der Waals surface area contributed by atoms with Crippen LogP contribution in [0.5, 0.6) is 0 Å². The van der Waals surface area contributed by atoms with Gasteiger partial charge in [0.05, 0.1) is 12.8 Å². The predicted molar refractivity (Wildman–Crippen MR) is 82.4 cm³/mol. The fraction of sp³-hybridized carbons (Fsp3) is 0.412. The van der Waals surface area contributed by atoms with Gasteiger partial charge in [-0.1, -0.05) is 37.3 Å². The van der Waals surface area contributed by atoms with E-state index in [0.717, 1.165) is 31.7 Å². The first-order chi connectivity index (χ1) is 9.83. The molecule has 0 aliphatic carbocycles. The van der Waals surface area contributed by atoms with Crippen molar-refractivity contribution in [1.29, 1.82) is 0 Å². The summed E-state index contributed by atoms with van der Waals surface area (Å²) in [5.41, 5.74) is 7.35. The molecule has 0 radical (unpaired) electrons. The van der Waals surface area contributed by atoms with E-state index in [0.29, 0.717) is 12.6 Å². The molecular formula is C17H24N2O. The maximum absolute atomic E-state index is 5.97. The lowest BCUT2D eigenvalue weighted by atomic mass is 10.0. The fourth-order valence-corrected chi connectivity index (χ4v) is 2.53. The van der Waals surface area contributed by atoms with Crippen molar-refractivity contribution in [2.45, 2.75) is 32.4 Å². The summed E-state index contributed by atoms with van der Waals surface area (Å²) in [6, 6.07) is 14.9. The van der Waals surface area contributed by atoms with Gasteiger partial charge in [0.25, 0.3) is 0 Å². The average molecular weight is 272 g/mol. The van der Waals surface area contributed by atoms with Crippen LogP contribution in [0.3, 0.4) is 0 Å². The highest BCUT2D eigenvalue weighted by molar-refractivity contribution is 5.14. The number of aryl methyl sites for hydroxylation is 1. The average Bonchev–Trinajstić information content (AvgIpc) is 3.00. The van der Waals surface area contributed by atoms with Crippen molar-refractivity contribution in [3.63, 3.8) is 0 Å². The van der Waals surface area contributed by atoms with Crippen molar-refractivity contribution in [3.8, 4) is 0 Å². The number of nitrogens with two attached hydrogens (primary N) is 1. The van der Waals surface area contributed by atoms with E-state index in [1.165, 1.54) is 5.56 Å². The molecule has 0 spiro atoms. The van der Waals surface area contributed by atoms with E-state index >= 15 is 0 Å². The number of hydrogen-bond donors (Lipinski definition) is 1. The van der Waals surface area contributed by atoms with Gasteiger partial charge in [0.1, 0.15) is 5.76 Å². The number of nitrogens with zero attached hydrogens (tertiary/aromatic N) is 1. The van der Waals surface area contributed by atoms with Gasteiger partial charge in [-0.2, -0.15) is 0 Å². The monoisotopic (exact) mass is 272 g/mol. The van der Waals surface area contributed by atoms with Crippen LogP contribution < -0.4 is 5.73 Å². The second-order valence-electron chi connectivity index (χ2n) is 5.06. The maximum atomic E-state index is 5.97. The first-order valence-corrected chi connectivity index (χ1v) is 7.34. The molecule has 3 heteroatoms. The third-order valence-electron chi connectivity index (χ3n) is 3.74. The van der Waals surface area contributed by atoms with Crippen molar-refractivity contribution in [2.24, 2.45) is 5.73 Å². The zero-order valence-electron chi connectivity index (χ0n) is 12.2. The quantitative estimate of drug-likeness (QED) is 0.803. The van der Waals surface area contributed by atoms with Crippen molar-refractivity contribution in [1.82, 2.24) is 4.90 Å². The standard InChI is InChI=1S/C17H24N2O/c1-2-19(14-17-9-6-12-20-17)16(13-18)11-10-15-7-4-3-5-8-15/h3-9,12,16H,2,10-11,13-14,18H2,1H3. The van der Waals surface area contributed by atoms with Crippen molar-refractivity contribution in [2.75, 3.05) is 13.1 Å². The number of rotatable bonds is 8. The Morgan fingerprint density at radius 1 is 1.15 bits per heavy atom. The molecule has 1 aromatic carbocycles. The number of hydrogen-bond acceptors (Lipinski definition) is 3. The highest BCUT2D eigenvalue weighted by Crippen LogP contribution is 2.13. The van der Waals surface area contributed by atoms with E-state index in [1.54, 1.807) is 6.26 Å². The molecule has 1 unspecified atom stereocenters. The van der Waals surface area contributed by atoms with Gasteiger partial charge in [0.2, 0.25) is 0 Å². The molecule has 0 aliphatic heterocycles. The van der Waals surface area contributed by atoms with Gasteiger partial charge >= 0.3 is 0 Å². The van der Waals surface area contributed by atoms with Crippen LogP contribution in [-0.2, 0) is 13.0 Å². The zero-order valence-corrected chi connectivity index (χ0v) is 12.2. The van der Waals surface area contributed by atoms with Crippen LogP contribution in [-0.4, -0.2) is 24.0 Å². The molecule has 1 heterocycles. The van der Waals surface area contributed by atoms with E-state index < -0.39 is 0 Å². The van der Waals surface area contributed by atoms with Gasteiger partial charge in [-0.05, 0) is 37.1 Å². The SMILES string of the molecule is CCN(Cc1ccco1)C(CN)CCc1ccccc1. The molecule has 2 aromatic rings. The summed E-state index contributed by atoms with van der Waals surface area (Å²) in [5.74, 6) is 1.00. The van der Waals surface area contributed by atoms with Gasteiger partial charge in [-0.25, -0.2) is 0 Å². The third kappa shape index (κ3) is 4.22. The second-order valence-corrected chi connectivity index (χ2v) is 5.06. The summed E-state index contributed by atoms with van der Waals surface area (Å²) < 4.78 is 5.44. The van der Waals surface area contributed by atoms with E-state index in [-0.39, 0.29) is 0 Å². The van der Waals surface area contributed by atoms with Crippen LogP contribution in [0.2, 0.25) is 0 Å². The molecule has 1 aromatic heterocycles. The maximum Gasteiger partial charge on any atom is 0.117 e. The molecule has 2 N–H and O–H groups in total. The normalized spacial score (nSPS) is 12.8. The molecule has 3 nitrogen and oxygen atoms in total. The molecule has 108 valence electrons. The van der Waals surface area contributed by atoms with Crippen molar-refractivity contribution in [3.05, 3.63) is 60.1 Å². The largest absolute Gasteiger partial charge is 0.468 e. The Balaban J connectivity index is 1.91. The molecule has 0 saturated carbocycles. The molecule has 0 fully saturated rings. The van der Waals surface area contributed by atoms with E-state index in [2.05, 4.69) is 42.2 Å². The fourth-order valence-electron chi connectivity index (χ4n) is 2.53. The lowest BCUT2D eigenvalue weighted by Gasteiger charge is -2.29. The molecule has 0 amide bonds. The molecule has 20 heavy (non-hydrogen) atoms. The Morgan fingerprint density at radius 2 is 1.95 bits per heavy atom. The van der Waals surface area contributed by atoms with Crippen LogP contribution in [0, 0.1) is 0 Å². The topological polar surface area (TPSA) is 42.4 Å². The van der Waals surface area contributed by atoms with E-state index in [4.69, 9.17) is 10.2 Å². The minimum atomic E-state index is 0.394. The smallest absolute Gasteiger partial charge is 0.117 e. The molecular weight excluding hydrogens is 248 g/mol. The Bertz CT molecular complexity index is 467. The predicted octanol–water partition coefficient (Wildman–Crippen LogP) is 3.06. The van der Waals surface area contributed by atoms with Crippen LogP contribution >= 0.6 is 0 Å². The van der Waals surface area contributed by atoms with Crippen LogP contribution in [0.15, 0.2) is 53.1 Å². The second kappa shape index (κ2) is 7.88. The summed E-state index contributed by atoms with van der Waals surface area (Å²) in [4.78, 5) is 2.39. The summed E-state index contributed by atoms with van der Waals surface area (Å²) in [5, 5.41) is 0. The zero-order chi connectivity index (χ0) is 14.2. The van der Waals surface area contributed by atoms with Gasteiger partial charge in [-0.15, -0.1) is 0 Å². The Morgan fingerprint density at radius 3 is 2.55 bits per heavy atom. The highest BCUT2D eigenvalue weighted by Gasteiger charge is 2.16. The van der Waals surface area contributed by atoms with Gasteiger partial charge in [0.15, 0.2) is 0 Å². The van der Waals surface area contributed by atoms with Gasteiger partial charge in [0, 0.05) is 12.6 Å². The molecule has 1 atom stereocenters. The minimum absolute atomic E-state index is 0.394. The third-order valence-corrected chi connectivity index (χ3v) is 3.74. The summed E-state index contributed by atoms with van der Waals surface area (Å²) >= 11 is 0. The number of likely N-dealkylation sites (N-methyl/N-ethyl adjacent to an activating group) is 1. The van der Waals surface area contributed by atoms with E-state index in [1.807, 2.05) is 12.1 Å². The molecule has 0 saturated heterocycles. The Kier molecular flexibility index (Phi) is 5.84. The lowest BCUT2D eigenvalue weighted by molar-refractivity contribution is 0.178. The first-order valence-electron chi connectivity index (χ1n) is 7.34. The molecule has 0 aliphatic rings. The molecule has 0 bridgehead atoms. The summed E-state index contributed by atoms with van der Waals surface area (Å²) in [7, 11) is 0. The number of furan rings is 1. The van der Waals surface area contributed by atoms with Crippen LogP contribution in [0.1, 0.15) is 24.7 Å². The van der Waals surface area contributed by atoms with E-state index in [9.17, 15) is 0 Å². The van der Waals surface area contributed by atoms with Crippen LogP contribution in [0.25, 0.3) is 0 Å². The van der Waals surface area contributed by atoms with Gasteiger partial charge < -0.3 is 10.2 Å². The first kappa shape index (κ1) is 14.8. The highest BCUT2D eigenvalue weighted by atomic mass is 16.3. The number of benzene rings is 1. The van der Waals surface area contributed by atoms with Crippen LogP contribution in [0.4, 0.5) is 0 Å².